The number of hydrogen-bond donors (Lipinski definition) is 1. The number of hydrogen-bond acceptors (Lipinski definition) is 18. The number of halogens is 1. The summed E-state index contributed by atoms with van der Waals surface area (Å²) in [7, 11) is 13.6. The van der Waals surface area contributed by atoms with Crippen molar-refractivity contribution in [3.63, 3.8) is 0 Å². The minimum Gasteiger partial charge on any atom is -0.541 e. The van der Waals surface area contributed by atoms with Gasteiger partial charge in [0.05, 0.1) is 54.2 Å². The van der Waals surface area contributed by atoms with Gasteiger partial charge in [-0.05, 0) is 60.9 Å². The number of thioether (sulfide) groups is 1. The molecule has 360 valence electrons. The van der Waals surface area contributed by atoms with Crippen LogP contribution in [0.2, 0.25) is 5.02 Å². The summed E-state index contributed by atoms with van der Waals surface area (Å²) in [4.78, 5) is 106. The normalized spacial score (nSPS) is 20.1. The Kier molecular flexibility index (Phi) is 14.7. The molecule has 1 N–H and O–H groups in total. The van der Waals surface area contributed by atoms with E-state index in [4.69, 9.17) is 51.5 Å². The Morgan fingerprint density at radius 1 is 0.886 bits per heavy atom. The van der Waals surface area contributed by atoms with E-state index in [1.807, 2.05) is 12.1 Å². The average Bonchev–Trinajstić information content (AvgIpc) is 4.07. The number of aromatic nitrogens is 1. The smallest absolute Gasteiger partial charge is 0.378 e. The zero-order valence-electron chi connectivity index (χ0n) is 37.7. The Labute approximate surface area is 416 Å². The van der Waals surface area contributed by atoms with Gasteiger partial charge in [-0.25, -0.2) is 19.6 Å². The third kappa shape index (κ3) is 9.58. The number of urea groups is 1. The Bertz CT molecular complexity index is 2760. The molecule has 4 radical (unpaired) electrons. The highest BCUT2D eigenvalue weighted by molar-refractivity contribution is 8.02. The molecule has 8 rings (SSSR count). The molecule has 25 heteroatoms. The van der Waals surface area contributed by atoms with E-state index in [-0.39, 0.29) is 79.2 Å². The second-order valence-electron chi connectivity index (χ2n) is 16.3. The maximum Gasteiger partial charge on any atom is 0.378 e. The molecule has 4 aliphatic rings. The fraction of sp³-hybridized carbons (Fsp3) is 0.356. The summed E-state index contributed by atoms with van der Waals surface area (Å²) < 4.78 is 31.8. The number of Topliss-reactive ketones (excluding diaryl/α,β-unsaturated/α-hetero) is 2. The Morgan fingerprint density at radius 3 is 2.10 bits per heavy atom. The molecule has 4 heterocycles. The van der Waals surface area contributed by atoms with Crippen LogP contribution < -0.4 is 24.4 Å². The molecule has 0 spiro atoms. The van der Waals surface area contributed by atoms with Crippen LogP contribution in [-0.4, -0.2) is 133 Å². The van der Waals surface area contributed by atoms with Crippen LogP contribution in [0.4, 0.5) is 4.79 Å². The van der Waals surface area contributed by atoms with E-state index < -0.39 is 69.5 Å². The lowest BCUT2D eigenvalue weighted by Gasteiger charge is -2.41. The maximum absolute atomic E-state index is 14.1. The average molecular weight is 1010 g/mol. The van der Waals surface area contributed by atoms with E-state index in [1.54, 1.807) is 55.8 Å². The van der Waals surface area contributed by atoms with Gasteiger partial charge >= 0.3 is 40.0 Å². The molecule has 3 aromatic carbocycles. The first-order chi connectivity index (χ1) is 33.6. The van der Waals surface area contributed by atoms with Gasteiger partial charge in [-0.2, -0.15) is 0 Å². The molecule has 1 aliphatic carbocycles. The standard InChI is InChI=1S/C45H41B2ClN6O14S2/c1-24-49-31(22-69-24)35(51-68-44(15-4-16-44)41(59)66-46)32(55)19-30-39(58)52-23-45(42(60)67-47,70-40(30)52)53-17-18-54(43(53)61)50-38(57)36(56)29-13-14-33(64-20-25-5-9-27(62-2)10-6-25)37(34(29)48)65-21-26-7-11-28(63-3)12-8-26/h5-14,22,30,40H,4,15-21,23H2,1-3H3,(H,50,57)/b51-35-/t30-,40-,45-/m1/s1. The number of amides is 4. The number of nitrogens with zero attached hydrogens (tertiary/aromatic N) is 5. The van der Waals surface area contributed by atoms with Crippen molar-refractivity contribution in [2.24, 2.45) is 11.1 Å². The van der Waals surface area contributed by atoms with E-state index in [9.17, 15) is 33.6 Å². The lowest BCUT2D eigenvalue weighted by molar-refractivity contribution is -0.175. The Morgan fingerprint density at radius 2 is 1.53 bits per heavy atom. The largest absolute Gasteiger partial charge is 0.541 e. The number of aryl methyl sites for hydroxylation is 1. The molecule has 0 unspecified atom stereocenters. The predicted octanol–water partition coefficient (Wildman–Crippen LogP) is 4.02. The molecule has 1 saturated carbocycles. The SMILES string of the molecule is [B]OC(=O)C1(O/N=C(\C(=O)C[C@@H]2C(=O)N3C[C@@](C(=O)O[B])(N4CCN(NC(=O)C(=O)c5ccc(OCc6ccc(OC)cc6)c(OCc6ccc(OC)cc6)c5Cl)C4=O)S[C@H]23)c2csc(C)n2)CCC1. The van der Waals surface area contributed by atoms with E-state index in [0.29, 0.717) is 22.9 Å². The van der Waals surface area contributed by atoms with Crippen molar-refractivity contribution in [2.75, 3.05) is 33.9 Å². The number of nitrogens with one attached hydrogen (secondary N) is 1. The predicted molar refractivity (Wildman–Crippen MR) is 251 cm³/mol. The minimum atomic E-state index is -1.93. The number of β-lactam (4-membered cyclic amide) rings is 1. The molecule has 3 atom stereocenters. The van der Waals surface area contributed by atoms with Crippen molar-refractivity contribution in [1.82, 2.24) is 25.2 Å². The van der Waals surface area contributed by atoms with Gasteiger partial charge in [0.15, 0.2) is 23.0 Å². The number of thiazole rings is 1. The fourth-order valence-corrected chi connectivity index (χ4v) is 10.7. The molecular weight excluding hydrogens is 970 g/mol. The summed E-state index contributed by atoms with van der Waals surface area (Å²) in [5, 5.41) is 5.99. The van der Waals surface area contributed by atoms with Crippen LogP contribution in [0.25, 0.3) is 0 Å². The summed E-state index contributed by atoms with van der Waals surface area (Å²) in [6.45, 7) is 0.999. The van der Waals surface area contributed by atoms with Crippen LogP contribution >= 0.6 is 34.7 Å². The van der Waals surface area contributed by atoms with Crippen LogP contribution in [0.15, 0.2) is 71.2 Å². The van der Waals surface area contributed by atoms with Gasteiger partial charge in [0, 0.05) is 31.2 Å². The van der Waals surface area contributed by atoms with Crippen molar-refractivity contribution < 1.29 is 66.7 Å². The van der Waals surface area contributed by atoms with Crippen LogP contribution in [0.1, 0.15) is 57.9 Å². The number of methoxy groups -OCH3 is 2. The van der Waals surface area contributed by atoms with Crippen LogP contribution in [-0.2, 0) is 51.3 Å². The third-order valence-electron chi connectivity index (χ3n) is 12.2. The van der Waals surface area contributed by atoms with E-state index in [1.165, 1.54) is 35.5 Å². The summed E-state index contributed by atoms with van der Waals surface area (Å²) in [6, 6.07) is 16.0. The molecule has 1 aromatic heterocycles. The maximum atomic E-state index is 14.1. The van der Waals surface area contributed by atoms with Crippen molar-refractivity contribution in [3.05, 3.63) is 98.5 Å². The van der Waals surface area contributed by atoms with E-state index in [0.717, 1.165) is 32.8 Å². The summed E-state index contributed by atoms with van der Waals surface area (Å²) in [6.07, 6.45) is 0.706. The highest BCUT2D eigenvalue weighted by atomic mass is 35.5. The zero-order chi connectivity index (χ0) is 49.9. The number of ether oxygens (including phenoxy) is 4. The minimum absolute atomic E-state index is 0.0113. The van der Waals surface area contributed by atoms with Gasteiger partial charge in [0.2, 0.25) is 16.4 Å². The fourth-order valence-electron chi connectivity index (χ4n) is 8.10. The number of rotatable bonds is 20. The second-order valence-corrected chi connectivity index (χ2v) is 19.2. The number of ketones is 2. The zero-order valence-corrected chi connectivity index (χ0v) is 40.1. The summed E-state index contributed by atoms with van der Waals surface area (Å²) in [5.74, 6) is -5.09. The molecule has 4 aromatic rings. The second kappa shape index (κ2) is 20.7. The number of carbonyl (C=O) groups excluding carboxylic acids is 7. The number of fused-ring (bicyclic) bond motifs is 1. The Hall–Kier alpha value is -6.78. The van der Waals surface area contributed by atoms with Crippen LogP contribution in [0.3, 0.4) is 0 Å². The molecule has 4 fully saturated rings. The van der Waals surface area contributed by atoms with Gasteiger partial charge in [-0.3, -0.25) is 34.3 Å². The number of oxime groups is 1. The van der Waals surface area contributed by atoms with Crippen molar-refractivity contribution in [2.45, 2.75) is 61.7 Å². The van der Waals surface area contributed by atoms with Crippen molar-refractivity contribution >= 4 is 97.9 Å². The van der Waals surface area contributed by atoms with Gasteiger partial charge in [-0.15, -0.1) is 11.3 Å². The van der Waals surface area contributed by atoms with Crippen molar-refractivity contribution in [1.29, 1.82) is 0 Å². The number of carbonyl (C=O) groups is 7. The molecule has 4 amide bonds. The topological polar surface area (TPSA) is 231 Å². The van der Waals surface area contributed by atoms with Crippen molar-refractivity contribution in [3.8, 4) is 23.0 Å². The van der Waals surface area contributed by atoms with E-state index in [2.05, 4.69) is 24.9 Å². The third-order valence-corrected chi connectivity index (χ3v) is 15.0. The molecule has 3 saturated heterocycles. The van der Waals surface area contributed by atoms with E-state index >= 15 is 0 Å². The molecular formula is C45H41B2ClN6O14S2. The molecule has 0 bridgehead atoms. The lowest BCUT2D eigenvalue weighted by Crippen LogP contribution is -2.60. The van der Waals surface area contributed by atoms with Crippen LogP contribution in [0.5, 0.6) is 23.0 Å². The molecule has 20 nitrogen and oxygen atoms in total. The quantitative estimate of drug-likeness (QED) is 0.0329. The number of hydrazine groups is 1. The van der Waals surface area contributed by atoms with Gasteiger partial charge in [0.1, 0.15) is 30.4 Å². The summed E-state index contributed by atoms with van der Waals surface area (Å²) in [5.41, 5.74) is 1.98. The molecule has 3 aliphatic heterocycles. The monoisotopic (exact) mass is 1010 g/mol. The van der Waals surface area contributed by atoms with Gasteiger partial charge in [0.25, 0.3) is 5.78 Å². The Balaban J connectivity index is 0.959. The lowest BCUT2D eigenvalue weighted by atomic mass is 9.80. The van der Waals surface area contributed by atoms with Gasteiger partial charge in [-0.1, -0.05) is 52.8 Å². The molecule has 70 heavy (non-hydrogen) atoms. The first kappa shape index (κ1) is 49.6. The summed E-state index contributed by atoms with van der Waals surface area (Å²) >= 11 is 8.92. The number of benzene rings is 3. The first-order valence-corrected chi connectivity index (χ1v) is 23.6. The highest BCUT2D eigenvalue weighted by Crippen LogP contribution is 2.53. The highest BCUT2D eigenvalue weighted by Gasteiger charge is 2.66. The van der Waals surface area contributed by atoms with Crippen LogP contribution in [0, 0.1) is 12.8 Å². The first-order valence-electron chi connectivity index (χ1n) is 21.5. The van der Waals surface area contributed by atoms with Gasteiger partial charge < -0.3 is 38.0 Å².